The lowest BCUT2D eigenvalue weighted by Gasteiger charge is -2.04. The highest BCUT2D eigenvalue weighted by atomic mass is 32.1. The molecule has 0 amide bonds. The minimum Gasteiger partial charge on any atom is -0.550 e. The van der Waals surface area contributed by atoms with E-state index in [-0.39, 0.29) is 25.9 Å². The zero-order valence-corrected chi connectivity index (χ0v) is 16.9. The van der Waals surface area contributed by atoms with E-state index in [1.807, 2.05) is 57.7 Å². The molecule has 0 N–H and O–H groups in total. The van der Waals surface area contributed by atoms with Crippen LogP contribution in [-0.4, -0.2) is 16.5 Å². The number of nitrogens with zero attached hydrogens (tertiary/aromatic N) is 3. The standard InChI is InChI=1S/C20H17N3O4S2/c24-17(25)9-11-22-13-5-1-3-7-15(13)28-19(22)21-20-23(12-10-18(26)27)14-6-2-4-8-16(14)29-20/h1-8H,9-12H2,(H-,24,25,26,27)/p-1. The topological polar surface area (TPSA) is 101 Å². The average molecular weight is 426 g/mol. The van der Waals surface area contributed by atoms with E-state index in [4.69, 9.17) is 4.99 Å². The lowest BCUT2D eigenvalue weighted by atomic mass is 10.3. The Morgan fingerprint density at radius 3 is 2.38 bits per heavy atom. The number of carbonyl (C=O) groups is 2. The highest BCUT2D eigenvalue weighted by molar-refractivity contribution is 7.21. The first-order valence-corrected chi connectivity index (χ1v) is 10.6. The Morgan fingerprint density at radius 1 is 0.931 bits per heavy atom. The summed E-state index contributed by atoms with van der Waals surface area (Å²) in [5.74, 6) is -2.24. The first-order valence-electron chi connectivity index (χ1n) is 8.97. The third kappa shape index (κ3) is 4.06. The molecule has 0 saturated heterocycles. The number of hydrogen-bond donors (Lipinski definition) is 0. The summed E-state index contributed by atoms with van der Waals surface area (Å²) >= 11 is 2.92. The van der Waals surface area contributed by atoms with Gasteiger partial charge in [-0.25, -0.2) is 4.57 Å². The molecule has 9 heteroatoms. The molecule has 0 aliphatic heterocycles. The molecule has 0 saturated carbocycles. The van der Waals surface area contributed by atoms with Gasteiger partial charge in [0.25, 0.3) is 0 Å². The van der Waals surface area contributed by atoms with Crippen molar-refractivity contribution in [2.45, 2.75) is 25.9 Å². The number of carboxylic acid groups (broad SMARTS) is 2. The van der Waals surface area contributed by atoms with Crippen molar-refractivity contribution < 1.29 is 24.4 Å². The Hall–Kier alpha value is -3.04. The third-order valence-electron chi connectivity index (χ3n) is 4.45. The van der Waals surface area contributed by atoms with Crippen molar-refractivity contribution in [3.05, 3.63) is 53.3 Å². The summed E-state index contributed by atoms with van der Waals surface area (Å²) in [4.78, 5) is 27.5. The largest absolute Gasteiger partial charge is 0.550 e. The number of para-hydroxylation sites is 2. The van der Waals surface area contributed by atoms with E-state index in [2.05, 4.69) is 0 Å². The maximum atomic E-state index is 11.0. The lowest BCUT2D eigenvalue weighted by Crippen LogP contribution is -2.37. The molecule has 0 unspecified atom stereocenters. The smallest absolute Gasteiger partial charge is 0.386 e. The van der Waals surface area contributed by atoms with Gasteiger partial charge in [-0.05, 0) is 35.6 Å². The maximum Gasteiger partial charge on any atom is 0.386 e. The highest BCUT2D eigenvalue weighted by Gasteiger charge is 2.20. The van der Waals surface area contributed by atoms with Crippen LogP contribution in [-0.2, 0) is 22.7 Å². The zero-order chi connectivity index (χ0) is 20.4. The summed E-state index contributed by atoms with van der Waals surface area (Å²) < 4.78 is 5.71. The average Bonchev–Trinajstić information content (AvgIpc) is 3.22. The molecule has 0 aliphatic carbocycles. The van der Waals surface area contributed by atoms with Crippen LogP contribution in [0.4, 0.5) is 5.13 Å². The predicted octanol–water partition coefficient (Wildman–Crippen LogP) is 0.717. The van der Waals surface area contributed by atoms with Crippen LogP contribution in [0.1, 0.15) is 12.8 Å². The summed E-state index contributed by atoms with van der Waals surface area (Å²) in [6.45, 7) is 0.490. The second kappa shape index (κ2) is 8.14. The van der Waals surface area contributed by atoms with Gasteiger partial charge in [-0.1, -0.05) is 35.6 Å². The van der Waals surface area contributed by atoms with E-state index in [1.54, 1.807) is 0 Å². The maximum absolute atomic E-state index is 11.0. The molecule has 4 aromatic rings. The Bertz CT molecular complexity index is 1290. The van der Waals surface area contributed by atoms with Gasteiger partial charge in [-0.3, -0.25) is 4.57 Å². The Morgan fingerprint density at radius 2 is 1.62 bits per heavy atom. The van der Waals surface area contributed by atoms with Gasteiger partial charge < -0.3 is 19.8 Å². The van der Waals surface area contributed by atoms with Crippen molar-refractivity contribution >= 4 is 60.2 Å². The van der Waals surface area contributed by atoms with Crippen molar-refractivity contribution in [3.63, 3.8) is 0 Å². The summed E-state index contributed by atoms with van der Waals surface area (Å²) in [6, 6.07) is 15.4. The summed E-state index contributed by atoms with van der Waals surface area (Å²) in [5.41, 5.74) is 1.81. The van der Waals surface area contributed by atoms with Gasteiger partial charge in [0.15, 0.2) is 0 Å². The molecule has 0 aliphatic rings. The van der Waals surface area contributed by atoms with Crippen LogP contribution in [0.25, 0.3) is 20.4 Å². The van der Waals surface area contributed by atoms with E-state index >= 15 is 0 Å². The number of rotatable bonds is 7. The second-order valence-electron chi connectivity index (χ2n) is 6.36. The molecular formula is C20H16N3O4S2-. The molecule has 2 aromatic carbocycles. The van der Waals surface area contributed by atoms with Gasteiger partial charge in [-0.2, -0.15) is 0 Å². The summed E-state index contributed by atoms with van der Waals surface area (Å²) in [6.07, 6.45) is -0.240. The molecule has 148 valence electrons. The Labute approximate surface area is 173 Å². The van der Waals surface area contributed by atoms with Crippen LogP contribution in [0.5, 0.6) is 0 Å². The lowest BCUT2D eigenvalue weighted by molar-refractivity contribution is -0.654. The van der Waals surface area contributed by atoms with Crippen LogP contribution in [0.3, 0.4) is 0 Å². The van der Waals surface area contributed by atoms with Gasteiger partial charge in [0.1, 0.15) is 5.52 Å². The van der Waals surface area contributed by atoms with Gasteiger partial charge in [0.05, 0.1) is 21.5 Å². The second-order valence-corrected chi connectivity index (χ2v) is 8.38. The molecule has 0 spiro atoms. The number of hydrogen-bond acceptors (Lipinski definition) is 7. The van der Waals surface area contributed by atoms with Gasteiger partial charge in [0.2, 0.25) is 0 Å². The number of carbonyl (C=O) groups excluding carboxylic acids is 2. The molecule has 0 radical (unpaired) electrons. The molecule has 29 heavy (non-hydrogen) atoms. The van der Waals surface area contributed by atoms with Crippen molar-refractivity contribution in [2.24, 2.45) is 4.99 Å². The number of carboxylic acids is 2. The first kappa shape index (κ1) is 19.3. The van der Waals surface area contributed by atoms with E-state index in [1.165, 1.54) is 22.7 Å². The first-order chi connectivity index (χ1) is 14.0. The number of thiazole rings is 2. The number of aliphatic carboxylic acids is 2. The van der Waals surface area contributed by atoms with E-state index in [9.17, 15) is 19.8 Å². The van der Waals surface area contributed by atoms with Crippen molar-refractivity contribution in [2.75, 3.05) is 0 Å². The fourth-order valence-electron chi connectivity index (χ4n) is 3.13. The van der Waals surface area contributed by atoms with E-state index in [0.29, 0.717) is 9.93 Å². The zero-order valence-electron chi connectivity index (χ0n) is 15.2. The monoisotopic (exact) mass is 426 g/mol. The Balaban J connectivity index is 1.89. The van der Waals surface area contributed by atoms with Crippen molar-refractivity contribution in [3.8, 4) is 0 Å². The van der Waals surface area contributed by atoms with Crippen molar-refractivity contribution in [1.29, 1.82) is 0 Å². The minimum absolute atomic E-state index is 0.120. The van der Waals surface area contributed by atoms with Gasteiger partial charge in [-0.15, -0.1) is 0 Å². The fourth-order valence-corrected chi connectivity index (χ4v) is 5.31. The molecular weight excluding hydrogens is 410 g/mol. The predicted molar refractivity (Wildman–Crippen MR) is 106 cm³/mol. The Kier molecular flexibility index (Phi) is 5.41. The molecule has 2 aromatic heterocycles. The van der Waals surface area contributed by atoms with Crippen molar-refractivity contribution in [1.82, 2.24) is 4.57 Å². The number of aryl methyl sites for hydroxylation is 2. The fraction of sp³-hybridized carbons (Fsp3) is 0.200. The van der Waals surface area contributed by atoms with Crippen LogP contribution in [0, 0.1) is 0 Å². The van der Waals surface area contributed by atoms with E-state index in [0.717, 1.165) is 20.4 Å². The van der Waals surface area contributed by atoms with E-state index < -0.39 is 11.9 Å². The molecule has 2 heterocycles. The van der Waals surface area contributed by atoms with Gasteiger partial charge in [0, 0.05) is 36.3 Å². The van der Waals surface area contributed by atoms with Crippen LogP contribution < -0.4 is 19.6 Å². The number of fused-ring (bicyclic) bond motifs is 2. The van der Waals surface area contributed by atoms with Crippen LogP contribution in [0.2, 0.25) is 0 Å². The third-order valence-corrected chi connectivity index (χ3v) is 6.57. The molecule has 0 fully saturated rings. The number of aromatic nitrogens is 2. The molecule has 4 rings (SSSR count). The minimum atomic E-state index is -1.12. The van der Waals surface area contributed by atoms with Crippen LogP contribution in [0.15, 0.2) is 53.5 Å². The number of benzene rings is 2. The summed E-state index contributed by atoms with van der Waals surface area (Å²) in [7, 11) is 0. The molecule has 0 bridgehead atoms. The normalized spacial score (nSPS) is 12.1. The SMILES string of the molecule is O=C([O-])CCn1/c(=N/c2sc3ccccc3[n+]2CCC(=O)[O-])sc2ccccc21. The highest BCUT2D eigenvalue weighted by Crippen LogP contribution is 2.26. The molecule has 7 nitrogen and oxygen atoms in total. The van der Waals surface area contributed by atoms with Gasteiger partial charge >= 0.3 is 9.93 Å². The summed E-state index contributed by atoms with van der Waals surface area (Å²) in [5, 5.41) is 22.7. The quantitative estimate of drug-likeness (QED) is 0.406. The molecule has 0 atom stereocenters. The van der Waals surface area contributed by atoms with Crippen LogP contribution >= 0.6 is 22.7 Å².